The average Bonchev–Trinajstić information content (AvgIpc) is 2.60. The van der Waals surface area contributed by atoms with E-state index in [-0.39, 0.29) is 5.69 Å². The molecule has 0 saturated carbocycles. The number of rotatable bonds is 4. The maximum absolute atomic E-state index is 13.8. The van der Waals surface area contributed by atoms with Crippen LogP contribution in [0.3, 0.4) is 0 Å². The number of halogens is 2. The minimum Gasteiger partial charge on any atom is -0.323 e. The summed E-state index contributed by atoms with van der Waals surface area (Å²) < 4.78 is 26.8. The van der Waals surface area contributed by atoms with Crippen molar-refractivity contribution in [1.29, 1.82) is 0 Å². The van der Waals surface area contributed by atoms with E-state index >= 15 is 0 Å². The number of pyridine rings is 1. The Hall–Kier alpha value is -3.08. The predicted molar refractivity (Wildman–Crippen MR) is 87.5 cm³/mol. The van der Waals surface area contributed by atoms with Gasteiger partial charge in [0.25, 0.3) is 0 Å². The van der Waals surface area contributed by atoms with Gasteiger partial charge in [0.1, 0.15) is 17.6 Å². The molecule has 120 valence electrons. The first-order valence-electron chi connectivity index (χ1n) is 7.37. The smallest absolute Gasteiger partial charge is 0.238 e. The van der Waals surface area contributed by atoms with Crippen LogP contribution in [0.2, 0.25) is 0 Å². The molecule has 3 rings (SSSR count). The van der Waals surface area contributed by atoms with E-state index in [4.69, 9.17) is 0 Å². The molecule has 1 amide bonds. The van der Waals surface area contributed by atoms with Crippen molar-refractivity contribution < 1.29 is 13.6 Å². The highest BCUT2D eigenvalue weighted by molar-refractivity contribution is 5.97. The lowest BCUT2D eigenvalue weighted by Gasteiger charge is -2.17. The SMILES string of the molecule is O=C(Nc1ccc(F)cc1F)C(c1ccccc1)c1ccccn1. The Kier molecular flexibility index (Phi) is 4.61. The number of carbonyl (C=O) groups excluding carboxylic acids is 1. The van der Waals surface area contributed by atoms with Crippen LogP contribution in [0.1, 0.15) is 17.2 Å². The monoisotopic (exact) mass is 324 g/mol. The fourth-order valence-electron chi connectivity index (χ4n) is 2.44. The van der Waals surface area contributed by atoms with Crippen molar-refractivity contribution in [1.82, 2.24) is 4.98 Å². The minimum absolute atomic E-state index is 0.0711. The van der Waals surface area contributed by atoms with Crippen LogP contribution in [0.25, 0.3) is 0 Å². The van der Waals surface area contributed by atoms with Crippen molar-refractivity contribution in [2.24, 2.45) is 0 Å². The van der Waals surface area contributed by atoms with E-state index < -0.39 is 23.5 Å². The molecule has 0 aliphatic carbocycles. The Morgan fingerprint density at radius 1 is 0.958 bits per heavy atom. The Bertz CT molecular complexity index is 799. The molecule has 1 N–H and O–H groups in total. The average molecular weight is 324 g/mol. The molecule has 1 unspecified atom stereocenters. The lowest BCUT2D eigenvalue weighted by molar-refractivity contribution is -0.116. The van der Waals surface area contributed by atoms with Crippen LogP contribution < -0.4 is 5.32 Å². The molecule has 0 bridgehead atoms. The second-order valence-electron chi connectivity index (χ2n) is 5.21. The number of benzene rings is 2. The van der Waals surface area contributed by atoms with E-state index in [2.05, 4.69) is 10.3 Å². The molecule has 1 atom stereocenters. The van der Waals surface area contributed by atoms with Gasteiger partial charge in [0.2, 0.25) is 5.91 Å². The number of nitrogens with zero attached hydrogens (tertiary/aromatic N) is 1. The summed E-state index contributed by atoms with van der Waals surface area (Å²) in [5, 5.41) is 2.51. The first kappa shape index (κ1) is 15.8. The molecule has 0 aliphatic heterocycles. The van der Waals surface area contributed by atoms with Gasteiger partial charge >= 0.3 is 0 Å². The summed E-state index contributed by atoms with van der Waals surface area (Å²) in [4.78, 5) is 17.0. The fourth-order valence-corrected chi connectivity index (χ4v) is 2.44. The van der Waals surface area contributed by atoms with Gasteiger partial charge in [0.15, 0.2) is 0 Å². The van der Waals surface area contributed by atoms with Crippen molar-refractivity contribution in [3.05, 3.63) is 95.8 Å². The van der Waals surface area contributed by atoms with Crippen LogP contribution in [0, 0.1) is 11.6 Å². The third kappa shape index (κ3) is 3.46. The summed E-state index contributed by atoms with van der Waals surface area (Å²) in [5.74, 6) is -2.66. The van der Waals surface area contributed by atoms with Gasteiger partial charge in [-0.2, -0.15) is 0 Å². The normalized spacial score (nSPS) is 11.8. The zero-order valence-electron chi connectivity index (χ0n) is 12.6. The van der Waals surface area contributed by atoms with Gasteiger partial charge in [-0.1, -0.05) is 36.4 Å². The highest BCUT2D eigenvalue weighted by Gasteiger charge is 2.24. The summed E-state index contributed by atoms with van der Waals surface area (Å²) in [6.07, 6.45) is 1.59. The third-order valence-electron chi connectivity index (χ3n) is 3.57. The van der Waals surface area contributed by atoms with Crippen LogP contribution in [-0.2, 0) is 4.79 Å². The molecule has 1 heterocycles. The van der Waals surface area contributed by atoms with E-state index in [9.17, 15) is 13.6 Å². The molecular weight excluding hydrogens is 310 g/mol. The fraction of sp³-hybridized carbons (Fsp3) is 0.0526. The first-order valence-corrected chi connectivity index (χ1v) is 7.37. The second kappa shape index (κ2) is 7.00. The van der Waals surface area contributed by atoms with Crippen molar-refractivity contribution in [3.63, 3.8) is 0 Å². The van der Waals surface area contributed by atoms with E-state index in [1.54, 1.807) is 36.5 Å². The van der Waals surface area contributed by atoms with Crippen LogP contribution in [0.4, 0.5) is 14.5 Å². The maximum atomic E-state index is 13.8. The van der Waals surface area contributed by atoms with E-state index in [0.717, 1.165) is 17.7 Å². The molecule has 0 spiro atoms. The lowest BCUT2D eigenvalue weighted by atomic mass is 9.94. The molecule has 0 fully saturated rings. The first-order chi connectivity index (χ1) is 11.6. The van der Waals surface area contributed by atoms with Crippen LogP contribution in [-0.4, -0.2) is 10.9 Å². The molecule has 5 heteroatoms. The number of hydrogen-bond acceptors (Lipinski definition) is 2. The predicted octanol–water partition coefficient (Wildman–Crippen LogP) is 4.13. The van der Waals surface area contributed by atoms with Gasteiger partial charge < -0.3 is 5.32 Å². The summed E-state index contributed by atoms with van der Waals surface area (Å²) in [5.41, 5.74) is 1.21. The second-order valence-corrected chi connectivity index (χ2v) is 5.21. The van der Waals surface area contributed by atoms with Gasteiger partial charge in [0.05, 0.1) is 11.4 Å². The molecule has 3 nitrogen and oxygen atoms in total. The Labute approximate surface area is 138 Å². The molecule has 1 aromatic heterocycles. The number of nitrogens with one attached hydrogen (secondary N) is 1. The molecule has 3 aromatic rings. The standard InChI is InChI=1S/C19H14F2N2O/c20-14-9-10-16(15(21)12-14)23-19(24)18(13-6-2-1-3-7-13)17-8-4-5-11-22-17/h1-12,18H,(H,23,24). The van der Waals surface area contributed by atoms with E-state index in [1.807, 2.05) is 18.2 Å². The van der Waals surface area contributed by atoms with Gasteiger partial charge in [-0.15, -0.1) is 0 Å². The molecule has 0 radical (unpaired) electrons. The zero-order chi connectivity index (χ0) is 16.9. The summed E-state index contributed by atoms with van der Waals surface area (Å²) in [6, 6.07) is 17.4. The molecule has 24 heavy (non-hydrogen) atoms. The maximum Gasteiger partial charge on any atom is 0.238 e. The number of hydrogen-bond donors (Lipinski definition) is 1. The van der Waals surface area contributed by atoms with Crippen molar-refractivity contribution in [2.75, 3.05) is 5.32 Å². The quantitative estimate of drug-likeness (QED) is 0.784. The van der Waals surface area contributed by atoms with Gasteiger partial charge in [-0.3, -0.25) is 9.78 Å². The van der Waals surface area contributed by atoms with Crippen molar-refractivity contribution in [2.45, 2.75) is 5.92 Å². The molecule has 0 saturated heterocycles. The number of amides is 1. The lowest BCUT2D eigenvalue weighted by Crippen LogP contribution is -2.23. The van der Waals surface area contributed by atoms with Crippen molar-refractivity contribution >= 4 is 11.6 Å². The number of carbonyl (C=O) groups is 1. The Morgan fingerprint density at radius 2 is 1.71 bits per heavy atom. The number of aromatic nitrogens is 1. The molecular formula is C19H14F2N2O. The largest absolute Gasteiger partial charge is 0.323 e. The molecule has 0 aliphatic rings. The van der Waals surface area contributed by atoms with Crippen LogP contribution >= 0.6 is 0 Å². The zero-order valence-corrected chi connectivity index (χ0v) is 12.6. The topological polar surface area (TPSA) is 42.0 Å². The van der Waals surface area contributed by atoms with Crippen LogP contribution in [0.5, 0.6) is 0 Å². The minimum atomic E-state index is -0.823. The van der Waals surface area contributed by atoms with Crippen molar-refractivity contribution in [3.8, 4) is 0 Å². The summed E-state index contributed by atoms with van der Waals surface area (Å²) in [6.45, 7) is 0. The summed E-state index contributed by atoms with van der Waals surface area (Å²) >= 11 is 0. The van der Waals surface area contributed by atoms with Crippen LogP contribution in [0.15, 0.2) is 72.9 Å². The molecule has 2 aromatic carbocycles. The van der Waals surface area contributed by atoms with Gasteiger partial charge in [0, 0.05) is 12.3 Å². The van der Waals surface area contributed by atoms with E-state index in [0.29, 0.717) is 5.69 Å². The third-order valence-corrected chi connectivity index (χ3v) is 3.57. The van der Waals surface area contributed by atoms with E-state index in [1.165, 1.54) is 6.07 Å². The van der Waals surface area contributed by atoms with Gasteiger partial charge in [-0.05, 0) is 29.8 Å². The highest BCUT2D eigenvalue weighted by atomic mass is 19.1. The summed E-state index contributed by atoms with van der Waals surface area (Å²) in [7, 11) is 0. The Morgan fingerprint density at radius 3 is 2.38 bits per heavy atom. The highest BCUT2D eigenvalue weighted by Crippen LogP contribution is 2.25. The number of anilines is 1. The Balaban J connectivity index is 1.95. The van der Waals surface area contributed by atoms with Gasteiger partial charge in [-0.25, -0.2) is 8.78 Å².